The quantitative estimate of drug-likeness (QED) is 0.680. The summed E-state index contributed by atoms with van der Waals surface area (Å²) in [5, 5.41) is 19.5. The maximum Gasteiger partial charge on any atom is 0.326 e. The minimum atomic E-state index is -1.33. The van der Waals surface area contributed by atoms with Crippen LogP contribution in [-0.2, 0) is 9.59 Å². The van der Waals surface area contributed by atoms with E-state index in [4.69, 9.17) is 21.8 Å². The lowest BCUT2D eigenvalue weighted by Gasteiger charge is -2.12. The van der Waals surface area contributed by atoms with Crippen molar-refractivity contribution in [2.75, 3.05) is 0 Å². The number of amides is 1. The number of carboxylic acids is 2. The van der Waals surface area contributed by atoms with Gasteiger partial charge in [-0.1, -0.05) is 11.6 Å². The number of hydrogen-bond acceptors (Lipinski definition) is 5. The average molecular weight is 288 g/mol. The van der Waals surface area contributed by atoms with Crippen LogP contribution in [-0.4, -0.2) is 44.1 Å². The average Bonchev–Trinajstić information content (AvgIpc) is 2.33. The SMILES string of the molecule is O=C(O)CC[C@H](NC(=O)c1cncc(Cl)n1)C(=O)O. The second-order valence-electron chi connectivity index (χ2n) is 3.52. The van der Waals surface area contributed by atoms with Gasteiger partial charge in [-0.15, -0.1) is 0 Å². The molecule has 102 valence electrons. The van der Waals surface area contributed by atoms with E-state index in [2.05, 4.69) is 15.3 Å². The van der Waals surface area contributed by atoms with Crippen molar-refractivity contribution in [3.63, 3.8) is 0 Å². The van der Waals surface area contributed by atoms with E-state index in [1.165, 1.54) is 6.20 Å². The molecule has 0 bridgehead atoms. The molecule has 3 N–H and O–H groups in total. The molecule has 8 nitrogen and oxygen atoms in total. The standard InChI is InChI=1S/C10H10ClN3O5/c11-7-4-12-3-6(13-7)9(17)14-5(10(18)19)1-2-8(15)16/h3-5H,1-2H2,(H,14,17)(H,15,16)(H,18,19)/t5-/m0/s1. The summed E-state index contributed by atoms with van der Waals surface area (Å²) >= 11 is 5.54. The Morgan fingerprint density at radius 1 is 1.32 bits per heavy atom. The van der Waals surface area contributed by atoms with Gasteiger partial charge in [-0.05, 0) is 6.42 Å². The summed E-state index contributed by atoms with van der Waals surface area (Å²) in [4.78, 5) is 40.2. The highest BCUT2D eigenvalue weighted by Gasteiger charge is 2.22. The molecule has 0 aliphatic heterocycles. The van der Waals surface area contributed by atoms with E-state index in [0.29, 0.717) is 0 Å². The van der Waals surface area contributed by atoms with Gasteiger partial charge in [-0.3, -0.25) is 14.6 Å². The maximum atomic E-state index is 11.7. The number of carbonyl (C=O) groups excluding carboxylic acids is 1. The molecule has 1 aromatic rings. The summed E-state index contributed by atoms with van der Waals surface area (Å²) in [6.07, 6.45) is 1.73. The van der Waals surface area contributed by atoms with Crippen LogP contribution in [0.5, 0.6) is 0 Å². The van der Waals surface area contributed by atoms with Crippen molar-refractivity contribution in [3.8, 4) is 0 Å². The van der Waals surface area contributed by atoms with Crippen LogP contribution in [0.15, 0.2) is 12.4 Å². The zero-order chi connectivity index (χ0) is 14.4. The lowest BCUT2D eigenvalue weighted by atomic mass is 10.1. The fraction of sp³-hybridized carbons (Fsp3) is 0.300. The molecule has 0 aromatic carbocycles. The van der Waals surface area contributed by atoms with Crippen molar-refractivity contribution in [3.05, 3.63) is 23.2 Å². The van der Waals surface area contributed by atoms with Gasteiger partial charge in [0.15, 0.2) is 0 Å². The molecule has 1 atom stereocenters. The minimum Gasteiger partial charge on any atom is -0.481 e. The van der Waals surface area contributed by atoms with Gasteiger partial charge >= 0.3 is 11.9 Å². The van der Waals surface area contributed by atoms with Gasteiger partial charge in [-0.2, -0.15) is 0 Å². The zero-order valence-corrected chi connectivity index (χ0v) is 10.3. The zero-order valence-electron chi connectivity index (χ0n) is 9.54. The number of hydrogen-bond donors (Lipinski definition) is 3. The molecule has 0 saturated heterocycles. The van der Waals surface area contributed by atoms with E-state index in [-0.39, 0.29) is 23.7 Å². The Hall–Kier alpha value is -2.22. The maximum absolute atomic E-state index is 11.7. The van der Waals surface area contributed by atoms with Crippen LogP contribution in [0.2, 0.25) is 5.15 Å². The summed E-state index contributed by atoms with van der Waals surface area (Å²) < 4.78 is 0. The number of nitrogens with one attached hydrogen (secondary N) is 1. The van der Waals surface area contributed by atoms with Crippen molar-refractivity contribution < 1.29 is 24.6 Å². The number of aliphatic carboxylic acids is 2. The molecular weight excluding hydrogens is 278 g/mol. The molecule has 1 heterocycles. The normalized spacial score (nSPS) is 11.6. The van der Waals surface area contributed by atoms with Crippen LogP contribution < -0.4 is 5.32 Å². The van der Waals surface area contributed by atoms with Crippen LogP contribution >= 0.6 is 11.6 Å². The van der Waals surface area contributed by atoms with Gasteiger partial charge in [0.1, 0.15) is 16.9 Å². The van der Waals surface area contributed by atoms with Crippen LogP contribution in [0, 0.1) is 0 Å². The number of nitrogens with zero attached hydrogens (tertiary/aromatic N) is 2. The van der Waals surface area contributed by atoms with E-state index in [9.17, 15) is 14.4 Å². The molecule has 0 radical (unpaired) electrons. The van der Waals surface area contributed by atoms with Gasteiger partial charge in [0.25, 0.3) is 5.91 Å². The highest BCUT2D eigenvalue weighted by Crippen LogP contribution is 2.04. The van der Waals surface area contributed by atoms with Gasteiger partial charge < -0.3 is 15.5 Å². The van der Waals surface area contributed by atoms with Crippen molar-refractivity contribution in [2.24, 2.45) is 0 Å². The Morgan fingerprint density at radius 2 is 2.00 bits per heavy atom. The first kappa shape index (κ1) is 14.8. The Bertz CT molecular complexity index is 508. The third kappa shape index (κ3) is 4.88. The first-order chi connectivity index (χ1) is 8.90. The Labute approximate surface area is 112 Å². The number of aromatic nitrogens is 2. The molecule has 0 aliphatic rings. The molecular formula is C10H10ClN3O5. The fourth-order valence-corrected chi connectivity index (χ4v) is 1.36. The Balaban J connectivity index is 2.71. The van der Waals surface area contributed by atoms with Crippen molar-refractivity contribution >= 4 is 29.4 Å². The Morgan fingerprint density at radius 3 is 2.53 bits per heavy atom. The number of rotatable bonds is 6. The first-order valence-electron chi connectivity index (χ1n) is 5.13. The van der Waals surface area contributed by atoms with Gasteiger partial charge in [0.05, 0.1) is 12.4 Å². The molecule has 0 fully saturated rings. The van der Waals surface area contributed by atoms with Gasteiger partial charge in [-0.25, -0.2) is 9.78 Å². The van der Waals surface area contributed by atoms with Gasteiger partial charge in [0.2, 0.25) is 0 Å². The van der Waals surface area contributed by atoms with Crippen LogP contribution in [0.25, 0.3) is 0 Å². The van der Waals surface area contributed by atoms with Crippen molar-refractivity contribution in [2.45, 2.75) is 18.9 Å². The number of halogens is 1. The molecule has 1 aromatic heterocycles. The predicted molar refractivity (Wildman–Crippen MR) is 62.8 cm³/mol. The first-order valence-corrected chi connectivity index (χ1v) is 5.51. The van der Waals surface area contributed by atoms with E-state index >= 15 is 0 Å². The highest BCUT2D eigenvalue weighted by molar-refractivity contribution is 6.29. The largest absolute Gasteiger partial charge is 0.481 e. The molecule has 1 amide bonds. The summed E-state index contributed by atoms with van der Waals surface area (Å²) in [5.74, 6) is -3.26. The lowest BCUT2D eigenvalue weighted by molar-refractivity contribution is -0.140. The summed E-state index contributed by atoms with van der Waals surface area (Å²) in [7, 11) is 0. The Kier molecular flexibility index (Phi) is 5.19. The van der Waals surface area contributed by atoms with Gasteiger partial charge in [0, 0.05) is 6.42 Å². The second kappa shape index (κ2) is 6.64. The number of carboxylic acid groups (broad SMARTS) is 2. The summed E-state index contributed by atoms with van der Waals surface area (Å²) in [6, 6.07) is -1.32. The second-order valence-corrected chi connectivity index (χ2v) is 3.91. The van der Waals surface area contributed by atoms with E-state index in [1.54, 1.807) is 0 Å². The fourth-order valence-electron chi connectivity index (χ4n) is 1.21. The summed E-state index contributed by atoms with van der Waals surface area (Å²) in [5.41, 5.74) is -0.144. The van der Waals surface area contributed by atoms with Crippen LogP contribution in [0.3, 0.4) is 0 Å². The molecule has 0 saturated carbocycles. The number of carbonyl (C=O) groups is 3. The smallest absolute Gasteiger partial charge is 0.326 e. The molecule has 0 aliphatic carbocycles. The predicted octanol–water partition coefficient (Wildman–Crippen LogP) is 0.178. The third-order valence-corrected chi connectivity index (χ3v) is 2.27. The van der Waals surface area contributed by atoms with E-state index < -0.39 is 23.9 Å². The van der Waals surface area contributed by atoms with Crippen LogP contribution in [0.1, 0.15) is 23.3 Å². The van der Waals surface area contributed by atoms with E-state index in [0.717, 1.165) is 6.20 Å². The molecule has 19 heavy (non-hydrogen) atoms. The minimum absolute atomic E-state index is 0.00920. The molecule has 0 spiro atoms. The topological polar surface area (TPSA) is 129 Å². The van der Waals surface area contributed by atoms with Crippen molar-refractivity contribution in [1.82, 2.24) is 15.3 Å². The molecule has 9 heteroatoms. The monoisotopic (exact) mass is 287 g/mol. The third-order valence-electron chi connectivity index (χ3n) is 2.09. The molecule has 1 rings (SSSR count). The van der Waals surface area contributed by atoms with Crippen molar-refractivity contribution in [1.29, 1.82) is 0 Å². The van der Waals surface area contributed by atoms with E-state index in [1.807, 2.05) is 0 Å². The van der Waals surface area contributed by atoms with Crippen LogP contribution in [0.4, 0.5) is 0 Å². The highest BCUT2D eigenvalue weighted by atomic mass is 35.5. The molecule has 0 unspecified atom stereocenters. The summed E-state index contributed by atoms with van der Waals surface area (Å²) in [6.45, 7) is 0. The lowest BCUT2D eigenvalue weighted by Crippen LogP contribution is -2.41.